The maximum Gasteiger partial charge on any atom is 0.220 e. The van der Waals surface area contributed by atoms with E-state index < -0.39 is 49.5 Å². The summed E-state index contributed by atoms with van der Waals surface area (Å²) in [5.41, 5.74) is 0. The highest BCUT2D eigenvalue weighted by Gasteiger charge is 2.44. The number of carbonyl (C=O) groups excluding carboxylic acids is 1. The first kappa shape index (κ1) is 49.7. The zero-order valence-corrected chi connectivity index (χ0v) is 34.0. The van der Waals surface area contributed by atoms with E-state index in [0.29, 0.717) is 12.8 Å². The van der Waals surface area contributed by atoms with Gasteiger partial charge in [0, 0.05) is 6.42 Å². The number of allylic oxidation sites excluding steroid dienone is 4. The van der Waals surface area contributed by atoms with E-state index in [0.717, 1.165) is 44.9 Å². The van der Waals surface area contributed by atoms with Gasteiger partial charge in [-0.1, -0.05) is 167 Å². The second kappa shape index (κ2) is 35.1. The van der Waals surface area contributed by atoms with Crippen LogP contribution in [0.25, 0.3) is 0 Å². The van der Waals surface area contributed by atoms with Crippen LogP contribution in [0.3, 0.4) is 0 Å². The third kappa shape index (κ3) is 26.2. The summed E-state index contributed by atoms with van der Waals surface area (Å²) in [5.74, 6) is -0.151. The van der Waals surface area contributed by atoms with Crippen molar-refractivity contribution in [2.45, 2.75) is 236 Å². The molecular formula is C44H83NO8. The van der Waals surface area contributed by atoms with Gasteiger partial charge in [-0.3, -0.25) is 4.79 Å². The summed E-state index contributed by atoms with van der Waals surface area (Å²) in [5, 5.41) is 54.0. The molecule has 1 heterocycles. The van der Waals surface area contributed by atoms with Crippen LogP contribution < -0.4 is 5.32 Å². The Morgan fingerprint density at radius 2 is 1.11 bits per heavy atom. The van der Waals surface area contributed by atoms with E-state index in [9.17, 15) is 30.3 Å². The molecule has 1 saturated heterocycles. The van der Waals surface area contributed by atoms with Crippen LogP contribution in [0, 0.1) is 0 Å². The van der Waals surface area contributed by atoms with Gasteiger partial charge in [0.25, 0.3) is 0 Å². The quantitative estimate of drug-likeness (QED) is 0.0275. The lowest BCUT2D eigenvalue weighted by atomic mass is 9.99. The molecule has 9 heteroatoms. The molecule has 1 aliphatic rings. The average molecular weight is 754 g/mol. The summed E-state index contributed by atoms with van der Waals surface area (Å²) in [6, 6.07) is -0.714. The number of hydrogen-bond donors (Lipinski definition) is 6. The van der Waals surface area contributed by atoms with Gasteiger partial charge in [0.2, 0.25) is 5.91 Å². The SMILES string of the molecule is CCCCCCC/C=C\C/C=C\CCCCCCCCCCCCCC(=O)NC(COC1OC(CO)C(O)C(O)C1O)C(O)CCCCCCCCC. The number of rotatable bonds is 36. The molecule has 7 unspecified atom stereocenters. The molecule has 7 atom stereocenters. The van der Waals surface area contributed by atoms with Crippen molar-refractivity contribution in [2.24, 2.45) is 0 Å². The van der Waals surface area contributed by atoms with Crippen molar-refractivity contribution in [3.05, 3.63) is 24.3 Å². The standard InChI is InChI=1S/C44H83NO8/c1-3-5-7-9-11-12-13-14-15-16-17-18-19-20-21-22-23-24-25-26-28-30-32-34-40(48)45-37(38(47)33-31-29-27-10-8-6-4-2)36-52-44-43(51)42(50)41(49)39(35-46)53-44/h13-14,16-17,37-39,41-44,46-47,49-51H,3-12,15,18-36H2,1-2H3,(H,45,48)/b14-13-,17-16-. The lowest BCUT2D eigenvalue weighted by molar-refractivity contribution is -0.302. The molecule has 9 nitrogen and oxygen atoms in total. The fourth-order valence-corrected chi connectivity index (χ4v) is 6.95. The molecule has 0 radical (unpaired) electrons. The summed E-state index contributed by atoms with van der Waals surface area (Å²) >= 11 is 0. The molecule has 1 fully saturated rings. The van der Waals surface area contributed by atoms with Crippen molar-refractivity contribution in [3.63, 3.8) is 0 Å². The zero-order chi connectivity index (χ0) is 38.8. The smallest absolute Gasteiger partial charge is 0.220 e. The van der Waals surface area contributed by atoms with Crippen LogP contribution in [0.5, 0.6) is 0 Å². The van der Waals surface area contributed by atoms with Crippen molar-refractivity contribution >= 4 is 5.91 Å². The van der Waals surface area contributed by atoms with Gasteiger partial charge >= 0.3 is 0 Å². The number of ether oxygens (including phenoxy) is 2. The third-order valence-corrected chi connectivity index (χ3v) is 10.6. The van der Waals surface area contributed by atoms with E-state index in [2.05, 4.69) is 43.5 Å². The van der Waals surface area contributed by atoms with E-state index in [1.54, 1.807) is 0 Å². The van der Waals surface area contributed by atoms with Crippen molar-refractivity contribution in [1.82, 2.24) is 5.32 Å². The van der Waals surface area contributed by atoms with Crippen LogP contribution in [0.2, 0.25) is 0 Å². The first-order valence-corrected chi connectivity index (χ1v) is 22.0. The molecule has 0 saturated carbocycles. The average Bonchev–Trinajstić information content (AvgIpc) is 3.16. The summed E-state index contributed by atoms with van der Waals surface area (Å²) in [6.07, 6.45) is 33.5. The molecule has 312 valence electrons. The van der Waals surface area contributed by atoms with E-state index in [1.165, 1.54) is 122 Å². The number of aliphatic hydroxyl groups excluding tert-OH is 5. The van der Waals surface area contributed by atoms with Gasteiger partial charge in [0.1, 0.15) is 24.4 Å². The van der Waals surface area contributed by atoms with Gasteiger partial charge in [-0.15, -0.1) is 0 Å². The molecule has 6 N–H and O–H groups in total. The second-order valence-electron chi connectivity index (χ2n) is 15.5. The minimum Gasteiger partial charge on any atom is -0.394 e. The Labute approximate surface area is 324 Å². The maximum absolute atomic E-state index is 12.9. The summed E-state index contributed by atoms with van der Waals surface area (Å²) in [7, 11) is 0. The highest BCUT2D eigenvalue weighted by molar-refractivity contribution is 5.76. The predicted molar refractivity (Wildman–Crippen MR) is 217 cm³/mol. The Bertz CT molecular complexity index is 883. The lowest BCUT2D eigenvalue weighted by Crippen LogP contribution is -2.60. The maximum atomic E-state index is 12.9. The number of carbonyl (C=O) groups is 1. The first-order chi connectivity index (χ1) is 25.8. The van der Waals surface area contributed by atoms with Gasteiger partial charge in [0.05, 0.1) is 25.4 Å². The summed E-state index contributed by atoms with van der Waals surface area (Å²) < 4.78 is 11.2. The van der Waals surface area contributed by atoms with Crippen molar-refractivity contribution in [1.29, 1.82) is 0 Å². The van der Waals surface area contributed by atoms with Crippen LogP contribution >= 0.6 is 0 Å². The topological polar surface area (TPSA) is 149 Å². The molecule has 1 rings (SSSR count). The fourth-order valence-electron chi connectivity index (χ4n) is 6.95. The van der Waals surface area contributed by atoms with E-state index in [4.69, 9.17) is 9.47 Å². The Kier molecular flexibility index (Phi) is 32.9. The van der Waals surface area contributed by atoms with Crippen LogP contribution in [-0.4, -0.2) is 87.5 Å². The zero-order valence-electron chi connectivity index (χ0n) is 34.0. The number of nitrogens with one attached hydrogen (secondary N) is 1. The predicted octanol–water partition coefficient (Wildman–Crippen LogP) is 8.72. The fraction of sp³-hybridized carbons (Fsp3) is 0.886. The highest BCUT2D eigenvalue weighted by atomic mass is 16.7. The van der Waals surface area contributed by atoms with Crippen LogP contribution in [0.15, 0.2) is 24.3 Å². The van der Waals surface area contributed by atoms with Crippen LogP contribution in [0.4, 0.5) is 0 Å². The van der Waals surface area contributed by atoms with Crippen molar-refractivity contribution < 1.29 is 39.8 Å². The monoisotopic (exact) mass is 754 g/mol. The summed E-state index contributed by atoms with van der Waals surface area (Å²) in [4.78, 5) is 12.9. The number of hydrogen-bond acceptors (Lipinski definition) is 8. The first-order valence-electron chi connectivity index (χ1n) is 22.0. The van der Waals surface area contributed by atoms with Gasteiger partial charge in [-0.25, -0.2) is 0 Å². The molecule has 53 heavy (non-hydrogen) atoms. The molecule has 1 amide bonds. The van der Waals surface area contributed by atoms with E-state index in [1.807, 2.05) is 0 Å². The molecule has 1 aliphatic heterocycles. The highest BCUT2D eigenvalue weighted by Crippen LogP contribution is 2.23. The van der Waals surface area contributed by atoms with E-state index >= 15 is 0 Å². The Morgan fingerprint density at radius 3 is 1.62 bits per heavy atom. The minimum atomic E-state index is -1.55. The third-order valence-electron chi connectivity index (χ3n) is 10.6. The number of amides is 1. The van der Waals surface area contributed by atoms with Crippen molar-refractivity contribution in [3.8, 4) is 0 Å². The molecule has 0 aromatic carbocycles. The molecule has 0 aliphatic carbocycles. The van der Waals surface area contributed by atoms with Crippen molar-refractivity contribution in [2.75, 3.05) is 13.2 Å². The Morgan fingerprint density at radius 1 is 0.642 bits per heavy atom. The van der Waals surface area contributed by atoms with Gasteiger partial charge in [-0.05, 0) is 44.9 Å². The van der Waals surface area contributed by atoms with E-state index in [-0.39, 0.29) is 12.5 Å². The molecule has 0 aromatic heterocycles. The minimum absolute atomic E-state index is 0.139. The largest absolute Gasteiger partial charge is 0.394 e. The number of unbranched alkanes of at least 4 members (excludes halogenated alkanes) is 22. The summed E-state index contributed by atoms with van der Waals surface area (Å²) in [6.45, 7) is 3.76. The Balaban J connectivity index is 2.21. The van der Waals surface area contributed by atoms with Gasteiger partial charge in [0.15, 0.2) is 6.29 Å². The Hall–Kier alpha value is -1.33. The lowest BCUT2D eigenvalue weighted by Gasteiger charge is -2.40. The molecule has 0 spiro atoms. The molecule has 0 bridgehead atoms. The normalized spacial score (nSPS) is 21.8. The van der Waals surface area contributed by atoms with Gasteiger partial charge < -0.3 is 40.3 Å². The second-order valence-corrected chi connectivity index (χ2v) is 15.5. The molecule has 0 aromatic rings. The van der Waals surface area contributed by atoms with Crippen LogP contribution in [0.1, 0.15) is 194 Å². The molecular weight excluding hydrogens is 670 g/mol. The van der Waals surface area contributed by atoms with Crippen LogP contribution in [-0.2, 0) is 14.3 Å². The number of aliphatic hydroxyl groups is 5. The van der Waals surface area contributed by atoms with Gasteiger partial charge in [-0.2, -0.15) is 0 Å².